The normalized spacial score (nSPS) is 10.9. The zero-order valence-electron chi connectivity index (χ0n) is 9.11. The van der Waals surface area contributed by atoms with Crippen LogP contribution in [0.2, 0.25) is 0 Å². The molecule has 2 aromatic heterocycles. The van der Waals surface area contributed by atoms with Crippen LogP contribution in [0.25, 0.3) is 11.3 Å². The number of nitrogens with two attached hydrogens (primary N) is 1. The van der Waals surface area contributed by atoms with E-state index < -0.39 is 0 Å². The molecule has 2 aromatic rings. The van der Waals surface area contributed by atoms with Gasteiger partial charge in [-0.25, -0.2) is 0 Å². The van der Waals surface area contributed by atoms with Gasteiger partial charge in [-0.15, -0.1) is 0 Å². The molecule has 0 amide bonds. The maximum Gasteiger partial charge on any atom is 0.225 e. The summed E-state index contributed by atoms with van der Waals surface area (Å²) in [6.07, 6.45) is 2.80. The van der Waals surface area contributed by atoms with E-state index in [0.29, 0.717) is 5.88 Å². The van der Waals surface area contributed by atoms with Crippen LogP contribution >= 0.6 is 0 Å². The van der Waals surface area contributed by atoms with Crippen molar-refractivity contribution in [1.29, 1.82) is 0 Å². The van der Waals surface area contributed by atoms with Crippen molar-refractivity contribution in [2.24, 2.45) is 7.05 Å². The lowest BCUT2D eigenvalue weighted by Crippen LogP contribution is -1.89. The van der Waals surface area contributed by atoms with Crippen LogP contribution in [-0.4, -0.2) is 14.9 Å². The Bertz CT molecular complexity index is 484. The Balaban J connectivity index is 2.57. The van der Waals surface area contributed by atoms with Crippen LogP contribution < -0.4 is 5.73 Å². The SMILES string of the molecule is CCc1nn(C)cc1-c1noc(N)c1C. The second kappa shape index (κ2) is 3.42. The summed E-state index contributed by atoms with van der Waals surface area (Å²) in [4.78, 5) is 0. The molecule has 0 spiro atoms. The molecule has 0 atom stereocenters. The van der Waals surface area contributed by atoms with Crippen LogP contribution in [-0.2, 0) is 13.5 Å². The fourth-order valence-electron chi connectivity index (χ4n) is 1.59. The summed E-state index contributed by atoms with van der Waals surface area (Å²) in [5.74, 6) is 0.371. The molecular weight excluding hydrogens is 192 g/mol. The number of rotatable bonds is 2. The van der Waals surface area contributed by atoms with Crippen molar-refractivity contribution in [3.05, 3.63) is 17.5 Å². The maximum atomic E-state index is 5.62. The number of hydrogen-bond acceptors (Lipinski definition) is 4. The van der Waals surface area contributed by atoms with Gasteiger partial charge in [0, 0.05) is 24.4 Å². The maximum absolute atomic E-state index is 5.62. The lowest BCUT2D eigenvalue weighted by Gasteiger charge is -1.95. The molecule has 80 valence electrons. The van der Waals surface area contributed by atoms with Gasteiger partial charge < -0.3 is 10.3 Å². The molecule has 0 unspecified atom stereocenters. The predicted octanol–water partition coefficient (Wildman–Crippen LogP) is 1.53. The zero-order chi connectivity index (χ0) is 11.0. The first-order valence-corrected chi connectivity index (χ1v) is 4.88. The number of aryl methyl sites for hydroxylation is 2. The summed E-state index contributed by atoms with van der Waals surface area (Å²) in [6.45, 7) is 3.96. The van der Waals surface area contributed by atoms with Gasteiger partial charge in [-0.05, 0) is 13.3 Å². The molecule has 0 aliphatic carbocycles. The van der Waals surface area contributed by atoms with E-state index in [0.717, 1.165) is 28.9 Å². The van der Waals surface area contributed by atoms with Crippen LogP contribution in [0, 0.1) is 6.92 Å². The van der Waals surface area contributed by atoms with Gasteiger partial charge in [0.15, 0.2) is 0 Å². The van der Waals surface area contributed by atoms with Gasteiger partial charge in [0.1, 0.15) is 5.69 Å². The summed E-state index contributed by atoms with van der Waals surface area (Å²) in [7, 11) is 1.89. The Kier molecular flexibility index (Phi) is 2.22. The standard InChI is InChI=1S/C10H14N4O/c1-4-8-7(5-14(3)12-8)9-6(2)10(11)15-13-9/h5H,4,11H2,1-3H3. The van der Waals surface area contributed by atoms with Crippen molar-refractivity contribution in [3.8, 4) is 11.3 Å². The second-order valence-corrected chi connectivity index (χ2v) is 3.54. The molecule has 2 heterocycles. The highest BCUT2D eigenvalue weighted by Gasteiger charge is 2.16. The molecule has 0 saturated carbocycles. The van der Waals surface area contributed by atoms with Crippen molar-refractivity contribution in [1.82, 2.24) is 14.9 Å². The lowest BCUT2D eigenvalue weighted by molar-refractivity contribution is 0.439. The van der Waals surface area contributed by atoms with Crippen LogP contribution in [0.3, 0.4) is 0 Å². The van der Waals surface area contributed by atoms with Gasteiger partial charge in [0.05, 0.1) is 5.69 Å². The number of anilines is 1. The third-order valence-corrected chi connectivity index (χ3v) is 2.46. The molecule has 5 nitrogen and oxygen atoms in total. The van der Waals surface area contributed by atoms with E-state index in [-0.39, 0.29) is 0 Å². The molecule has 0 bridgehead atoms. The molecule has 5 heteroatoms. The zero-order valence-corrected chi connectivity index (χ0v) is 9.11. The van der Waals surface area contributed by atoms with E-state index >= 15 is 0 Å². The van der Waals surface area contributed by atoms with Crippen molar-refractivity contribution in [2.75, 3.05) is 5.73 Å². The molecule has 0 radical (unpaired) electrons. The van der Waals surface area contributed by atoms with Gasteiger partial charge in [-0.1, -0.05) is 12.1 Å². The van der Waals surface area contributed by atoms with Crippen LogP contribution in [0.4, 0.5) is 5.88 Å². The molecule has 0 saturated heterocycles. The van der Waals surface area contributed by atoms with Crippen LogP contribution in [0.5, 0.6) is 0 Å². The fourth-order valence-corrected chi connectivity index (χ4v) is 1.59. The topological polar surface area (TPSA) is 69.9 Å². The first-order chi connectivity index (χ1) is 7.13. The highest BCUT2D eigenvalue weighted by Crippen LogP contribution is 2.28. The first kappa shape index (κ1) is 9.76. The monoisotopic (exact) mass is 206 g/mol. The largest absolute Gasteiger partial charge is 0.367 e. The van der Waals surface area contributed by atoms with Crippen molar-refractivity contribution in [3.63, 3.8) is 0 Å². The van der Waals surface area contributed by atoms with Gasteiger partial charge >= 0.3 is 0 Å². The Labute approximate surface area is 87.9 Å². The molecule has 2 N–H and O–H groups in total. The van der Waals surface area contributed by atoms with E-state index in [9.17, 15) is 0 Å². The van der Waals surface area contributed by atoms with Crippen LogP contribution in [0.1, 0.15) is 18.2 Å². The van der Waals surface area contributed by atoms with E-state index in [4.69, 9.17) is 10.3 Å². The molecule has 0 fully saturated rings. The Hall–Kier alpha value is -1.78. The molecule has 2 rings (SSSR count). The number of nitrogens with zero attached hydrogens (tertiary/aromatic N) is 3. The summed E-state index contributed by atoms with van der Waals surface area (Å²) in [5.41, 5.74) is 9.29. The molecule has 0 aromatic carbocycles. The highest BCUT2D eigenvalue weighted by atomic mass is 16.5. The van der Waals surface area contributed by atoms with E-state index in [1.54, 1.807) is 4.68 Å². The Morgan fingerprint density at radius 3 is 2.80 bits per heavy atom. The third kappa shape index (κ3) is 1.49. The fraction of sp³-hybridized carbons (Fsp3) is 0.400. The average Bonchev–Trinajstić information content (AvgIpc) is 2.72. The Morgan fingerprint density at radius 2 is 2.27 bits per heavy atom. The molecule has 0 aliphatic heterocycles. The highest BCUT2D eigenvalue weighted by molar-refractivity contribution is 5.67. The summed E-state index contributed by atoms with van der Waals surface area (Å²) in [5, 5.41) is 8.30. The van der Waals surface area contributed by atoms with Gasteiger partial charge in [0.25, 0.3) is 0 Å². The molecular formula is C10H14N4O. The van der Waals surface area contributed by atoms with Gasteiger partial charge in [-0.2, -0.15) is 5.10 Å². The Morgan fingerprint density at radius 1 is 1.53 bits per heavy atom. The number of aromatic nitrogens is 3. The summed E-state index contributed by atoms with van der Waals surface area (Å²) in [6, 6.07) is 0. The van der Waals surface area contributed by atoms with E-state index in [1.807, 2.05) is 20.2 Å². The minimum absolute atomic E-state index is 0.371. The molecule has 0 aliphatic rings. The lowest BCUT2D eigenvalue weighted by atomic mass is 10.1. The smallest absolute Gasteiger partial charge is 0.225 e. The quantitative estimate of drug-likeness (QED) is 0.808. The summed E-state index contributed by atoms with van der Waals surface area (Å²) < 4.78 is 6.73. The third-order valence-electron chi connectivity index (χ3n) is 2.46. The number of hydrogen-bond donors (Lipinski definition) is 1. The van der Waals surface area contributed by atoms with Crippen molar-refractivity contribution in [2.45, 2.75) is 20.3 Å². The van der Waals surface area contributed by atoms with E-state index in [1.165, 1.54) is 0 Å². The second-order valence-electron chi connectivity index (χ2n) is 3.54. The molecule has 15 heavy (non-hydrogen) atoms. The van der Waals surface area contributed by atoms with Gasteiger partial charge in [0.2, 0.25) is 5.88 Å². The minimum Gasteiger partial charge on any atom is -0.367 e. The predicted molar refractivity (Wildman–Crippen MR) is 57.2 cm³/mol. The van der Waals surface area contributed by atoms with Crippen molar-refractivity contribution >= 4 is 5.88 Å². The van der Waals surface area contributed by atoms with E-state index in [2.05, 4.69) is 17.2 Å². The minimum atomic E-state index is 0.371. The van der Waals surface area contributed by atoms with Crippen LogP contribution in [0.15, 0.2) is 10.7 Å². The van der Waals surface area contributed by atoms with Crippen molar-refractivity contribution < 1.29 is 4.52 Å². The summed E-state index contributed by atoms with van der Waals surface area (Å²) >= 11 is 0. The first-order valence-electron chi connectivity index (χ1n) is 4.88. The average molecular weight is 206 g/mol. The van der Waals surface area contributed by atoms with Gasteiger partial charge in [-0.3, -0.25) is 4.68 Å². The number of nitrogen functional groups attached to an aromatic ring is 1.